The summed E-state index contributed by atoms with van der Waals surface area (Å²) < 4.78 is 26.4. The highest BCUT2D eigenvalue weighted by molar-refractivity contribution is 7.89. The fraction of sp³-hybridized carbons (Fsp3) is 0.636. The van der Waals surface area contributed by atoms with Crippen LogP contribution in [0.4, 0.5) is 0 Å². The Hall–Kier alpha value is -1.45. The Labute approximate surface area is 116 Å². The molecule has 1 aliphatic rings. The molecule has 0 saturated carbocycles. The predicted molar refractivity (Wildman–Crippen MR) is 72.8 cm³/mol. The maximum Gasteiger partial charge on any atom is 0.325 e. The van der Waals surface area contributed by atoms with Crippen LogP contribution < -0.4 is 17.0 Å². The lowest BCUT2D eigenvalue weighted by atomic mass is 9.96. The van der Waals surface area contributed by atoms with Gasteiger partial charge < -0.3 is 10.7 Å². The van der Waals surface area contributed by atoms with Crippen molar-refractivity contribution in [3.05, 3.63) is 27.0 Å². The first-order valence-electron chi connectivity index (χ1n) is 6.40. The number of aromatic nitrogens is 2. The quantitative estimate of drug-likeness (QED) is 0.646. The van der Waals surface area contributed by atoms with Crippen LogP contribution in [0.15, 0.2) is 20.7 Å². The summed E-state index contributed by atoms with van der Waals surface area (Å²) in [5, 5.41) is 0. The average molecular weight is 302 g/mol. The highest BCUT2D eigenvalue weighted by Gasteiger charge is 2.35. The first-order chi connectivity index (χ1) is 9.36. The van der Waals surface area contributed by atoms with E-state index in [1.165, 1.54) is 4.31 Å². The second kappa shape index (κ2) is 5.51. The highest BCUT2D eigenvalue weighted by atomic mass is 32.2. The number of aromatic amines is 2. The summed E-state index contributed by atoms with van der Waals surface area (Å²) in [6.07, 6.45) is 2.50. The standard InChI is InChI=1S/C11H18N4O4S/c1-7-2-3-8(4-12)6-15(7)20(18,19)9-5-13-11(17)14-10(9)16/h5,7-8H,2-4,6,12H2,1H3,(H2,13,14,16,17). The topological polar surface area (TPSA) is 129 Å². The van der Waals surface area contributed by atoms with Crippen LogP contribution in [0.2, 0.25) is 0 Å². The lowest BCUT2D eigenvalue weighted by Gasteiger charge is -2.36. The molecule has 1 aromatic rings. The number of nitrogens with zero attached hydrogens (tertiary/aromatic N) is 1. The molecule has 20 heavy (non-hydrogen) atoms. The second-order valence-electron chi connectivity index (χ2n) is 5.04. The van der Waals surface area contributed by atoms with Gasteiger partial charge in [-0.2, -0.15) is 4.31 Å². The molecule has 0 spiro atoms. The van der Waals surface area contributed by atoms with E-state index in [-0.39, 0.29) is 12.0 Å². The number of sulfonamides is 1. The number of rotatable bonds is 3. The van der Waals surface area contributed by atoms with Crippen molar-refractivity contribution in [3.8, 4) is 0 Å². The van der Waals surface area contributed by atoms with E-state index in [9.17, 15) is 18.0 Å². The van der Waals surface area contributed by atoms with Crippen LogP contribution in [0.25, 0.3) is 0 Å². The van der Waals surface area contributed by atoms with E-state index >= 15 is 0 Å². The van der Waals surface area contributed by atoms with Crippen molar-refractivity contribution in [1.29, 1.82) is 0 Å². The number of H-pyrrole nitrogens is 2. The van der Waals surface area contributed by atoms with Crippen LogP contribution in [0.3, 0.4) is 0 Å². The van der Waals surface area contributed by atoms with E-state index in [1.54, 1.807) is 6.92 Å². The lowest BCUT2D eigenvalue weighted by Crippen LogP contribution is -2.48. The third-order valence-electron chi connectivity index (χ3n) is 3.63. The average Bonchev–Trinajstić information content (AvgIpc) is 2.38. The maximum absolute atomic E-state index is 12.5. The number of piperidine rings is 1. The molecule has 1 aliphatic heterocycles. The molecule has 0 radical (unpaired) electrons. The van der Waals surface area contributed by atoms with Gasteiger partial charge in [0, 0.05) is 18.8 Å². The fourth-order valence-electron chi connectivity index (χ4n) is 2.39. The van der Waals surface area contributed by atoms with Crippen molar-refractivity contribution in [3.63, 3.8) is 0 Å². The number of nitrogens with one attached hydrogen (secondary N) is 2. The Balaban J connectivity index is 2.43. The SMILES string of the molecule is CC1CCC(CN)CN1S(=O)(=O)c1c[nH]c(=O)[nH]c1=O. The number of nitrogens with two attached hydrogens (primary N) is 1. The van der Waals surface area contributed by atoms with Gasteiger partial charge in [-0.1, -0.05) is 0 Å². The summed E-state index contributed by atoms with van der Waals surface area (Å²) in [6, 6.07) is -0.200. The molecular formula is C11H18N4O4S. The monoisotopic (exact) mass is 302 g/mol. The smallest absolute Gasteiger partial charge is 0.325 e. The molecule has 8 nitrogen and oxygen atoms in total. The fourth-order valence-corrected chi connectivity index (χ4v) is 4.12. The van der Waals surface area contributed by atoms with Crippen LogP contribution in [-0.2, 0) is 10.0 Å². The Morgan fingerprint density at radius 2 is 2.10 bits per heavy atom. The molecule has 0 bridgehead atoms. The molecule has 2 rings (SSSR count). The van der Waals surface area contributed by atoms with E-state index in [2.05, 4.69) is 4.98 Å². The van der Waals surface area contributed by atoms with Crippen molar-refractivity contribution in [1.82, 2.24) is 14.3 Å². The van der Waals surface area contributed by atoms with Gasteiger partial charge in [-0.25, -0.2) is 13.2 Å². The van der Waals surface area contributed by atoms with Gasteiger partial charge in [0.2, 0.25) is 10.0 Å². The van der Waals surface area contributed by atoms with Gasteiger partial charge in [-0.05, 0) is 32.2 Å². The van der Waals surface area contributed by atoms with Gasteiger partial charge in [-0.15, -0.1) is 0 Å². The summed E-state index contributed by atoms with van der Waals surface area (Å²) in [5.41, 5.74) is 3.96. The van der Waals surface area contributed by atoms with Gasteiger partial charge in [0.1, 0.15) is 0 Å². The van der Waals surface area contributed by atoms with E-state index in [1.807, 2.05) is 4.98 Å². The lowest BCUT2D eigenvalue weighted by molar-refractivity contribution is 0.211. The van der Waals surface area contributed by atoms with Crippen molar-refractivity contribution in [2.24, 2.45) is 11.7 Å². The predicted octanol–water partition coefficient (Wildman–Crippen LogP) is -1.19. The van der Waals surface area contributed by atoms with Crippen LogP contribution in [0, 0.1) is 5.92 Å². The highest BCUT2D eigenvalue weighted by Crippen LogP contribution is 2.26. The summed E-state index contributed by atoms with van der Waals surface area (Å²) in [6.45, 7) is 2.49. The minimum atomic E-state index is -3.94. The van der Waals surface area contributed by atoms with Crippen molar-refractivity contribution in [2.45, 2.75) is 30.7 Å². The molecule has 1 saturated heterocycles. The van der Waals surface area contributed by atoms with Gasteiger partial charge in [0.05, 0.1) is 0 Å². The van der Waals surface area contributed by atoms with Gasteiger partial charge in [-0.3, -0.25) is 9.78 Å². The van der Waals surface area contributed by atoms with E-state index in [0.29, 0.717) is 19.5 Å². The molecule has 2 unspecified atom stereocenters. The first kappa shape index (κ1) is 14.9. The first-order valence-corrected chi connectivity index (χ1v) is 7.84. The van der Waals surface area contributed by atoms with Crippen molar-refractivity contribution < 1.29 is 8.42 Å². The molecule has 0 aromatic carbocycles. The Bertz CT molecular complexity index is 693. The van der Waals surface area contributed by atoms with E-state index in [0.717, 1.165) is 12.6 Å². The molecule has 0 aliphatic carbocycles. The zero-order valence-corrected chi connectivity index (χ0v) is 11.9. The van der Waals surface area contributed by atoms with Gasteiger partial charge in [0.25, 0.3) is 5.56 Å². The van der Waals surface area contributed by atoms with Crippen LogP contribution in [-0.4, -0.2) is 41.8 Å². The largest absolute Gasteiger partial charge is 0.330 e. The molecule has 4 N–H and O–H groups in total. The van der Waals surface area contributed by atoms with Crippen LogP contribution in [0.1, 0.15) is 19.8 Å². The molecular weight excluding hydrogens is 284 g/mol. The Morgan fingerprint density at radius 3 is 2.70 bits per heavy atom. The molecule has 112 valence electrons. The normalized spacial score (nSPS) is 24.7. The third kappa shape index (κ3) is 2.69. The Kier molecular flexibility index (Phi) is 4.11. The minimum absolute atomic E-state index is 0.0859. The summed E-state index contributed by atoms with van der Waals surface area (Å²) in [5.74, 6) is 0.0859. The molecule has 1 fully saturated rings. The van der Waals surface area contributed by atoms with Crippen LogP contribution >= 0.6 is 0 Å². The molecule has 9 heteroatoms. The maximum atomic E-state index is 12.5. The number of hydrogen-bond donors (Lipinski definition) is 3. The third-order valence-corrected chi connectivity index (χ3v) is 5.61. The van der Waals surface area contributed by atoms with Crippen molar-refractivity contribution in [2.75, 3.05) is 13.1 Å². The molecule has 1 aromatic heterocycles. The zero-order chi connectivity index (χ0) is 14.9. The number of hydrogen-bond acceptors (Lipinski definition) is 5. The molecule has 0 amide bonds. The summed E-state index contributed by atoms with van der Waals surface area (Å²) >= 11 is 0. The van der Waals surface area contributed by atoms with E-state index in [4.69, 9.17) is 5.73 Å². The zero-order valence-electron chi connectivity index (χ0n) is 11.1. The van der Waals surface area contributed by atoms with Crippen molar-refractivity contribution >= 4 is 10.0 Å². The molecule has 2 atom stereocenters. The van der Waals surface area contributed by atoms with Gasteiger partial charge >= 0.3 is 5.69 Å². The molecule has 2 heterocycles. The summed E-state index contributed by atoms with van der Waals surface area (Å²) in [4.78, 5) is 26.3. The minimum Gasteiger partial charge on any atom is -0.330 e. The van der Waals surface area contributed by atoms with Crippen LogP contribution in [0.5, 0.6) is 0 Å². The van der Waals surface area contributed by atoms with E-state index < -0.39 is 26.2 Å². The van der Waals surface area contributed by atoms with Gasteiger partial charge in [0.15, 0.2) is 4.90 Å². The summed E-state index contributed by atoms with van der Waals surface area (Å²) in [7, 11) is -3.94. The second-order valence-corrected chi connectivity index (χ2v) is 6.90. The Morgan fingerprint density at radius 1 is 1.40 bits per heavy atom.